The SMILES string of the molecule is CCOc1cc(CN2CCNCC2c2ccccc2OC)ccc1OC.Cl. The first-order chi connectivity index (χ1) is 12.8. The van der Waals surface area contributed by atoms with Crippen molar-refractivity contribution >= 4 is 12.4 Å². The molecule has 0 radical (unpaired) electrons. The highest BCUT2D eigenvalue weighted by Gasteiger charge is 2.26. The lowest BCUT2D eigenvalue weighted by Crippen LogP contribution is -2.45. The van der Waals surface area contributed by atoms with Gasteiger partial charge in [0, 0.05) is 31.7 Å². The molecule has 2 aromatic rings. The largest absolute Gasteiger partial charge is 0.496 e. The first kappa shape index (κ1) is 21.4. The van der Waals surface area contributed by atoms with E-state index >= 15 is 0 Å². The van der Waals surface area contributed by atoms with Crippen molar-refractivity contribution in [3.05, 3.63) is 53.6 Å². The van der Waals surface area contributed by atoms with Gasteiger partial charge in [0.25, 0.3) is 0 Å². The zero-order valence-electron chi connectivity index (χ0n) is 16.2. The average Bonchev–Trinajstić information content (AvgIpc) is 2.69. The third-order valence-electron chi connectivity index (χ3n) is 4.77. The number of halogens is 1. The molecule has 1 atom stereocenters. The van der Waals surface area contributed by atoms with Crippen molar-refractivity contribution < 1.29 is 14.2 Å². The summed E-state index contributed by atoms with van der Waals surface area (Å²) in [6.45, 7) is 6.35. The van der Waals surface area contributed by atoms with Gasteiger partial charge in [-0.3, -0.25) is 4.90 Å². The van der Waals surface area contributed by atoms with Crippen molar-refractivity contribution in [1.29, 1.82) is 0 Å². The fourth-order valence-electron chi connectivity index (χ4n) is 3.51. The minimum absolute atomic E-state index is 0. The molecule has 148 valence electrons. The summed E-state index contributed by atoms with van der Waals surface area (Å²) in [6.07, 6.45) is 0. The lowest BCUT2D eigenvalue weighted by atomic mass is 10.0. The maximum absolute atomic E-state index is 5.73. The Morgan fingerprint density at radius 1 is 1.04 bits per heavy atom. The number of ether oxygens (including phenoxy) is 3. The fourth-order valence-corrected chi connectivity index (χ4v) is 3.51. The summed E-state index contributed by atoms with van der Waals surface area (Å²) in [7, 11) is 3.41. The number of hydrogen-bond donors (Lipinski definition) is 1. The maximum Gasteiger partial charge on any atom is 0.161 e. The second kappa shape index (κ2) is 10.4. The highest BCUT2D eigenvalue weighted by molar-refractivity contribution is 5.85. The summed E-state index contributed by atoms with van der Waals surface area (Å²) >= 11 is 0. The Morgan fingerprint density at radius 3 is 2.56 bits per heavy atom. The van der Waals surface area contributed by atoms with Gasteiger partial charge in [-0.15, -0.1) is 12.4 Å². The van der Waals surface area contributed by atoms with Crippen LogP contribution in [-0.4, -0.2) is 45.4 Å². The lowest BCUT2D eigenvalue weighted by molar-refractivity contribution is 0.151. The molecule has 1 fully saturated rings. The maximum atomic E-state index is 5.73. The number of methoxy groups -OCH3 is 2. The third kappa shape index (κ3) is 5.06. The van der Waals surface area contributed by atoms with E-state index in [1.807, 2.05) is 25.1 Å². The van der Waals surface area contributed by atoms with E-state index in [2.05, 4.69) is 34.5 Å². The van der Waals surface area contributed by atoms with E-state index in [1.54, 1.807) is 14.2 Å². The monoisotopic (exact) mass is 392 g/mol. The van der Waals surface area contributed by atoms with E-state index in [1.165, 1.54) is 11.1 Å². The Hall–Kier alpha value is -1.95. The van der Waals surface area contributed by atoms with Crippen LogP contribution in [0.2, 0.25) is 0 Å². The van der Waals surface area contributed by atoms with E-state index in [9.17, 15) is 0 Å². The number of rotatable bonds is 7. The molecule has 3 rings (SSSR count). The van der Waals surface area contributed by atoms with Gasteiger partial charge in [0.1, 0.15) is 5.75 Å². The van der Waals surface area contributed by atoms with Crippen molar-refractivity contribution in [3.8, 4) is 17.2 Å². The van der Waals surface area contributed by atoms with Crippen molar-refractivity contribution in [2.75, 3.05) is 40.5 Å². The molecule has 0 aliphatic carbocycles. The molecular formula is C21H29ClN2O3. The molecule has 1 aliphatic heterocycles. The predicted octanol–water partition coefficient (Wildman–Crippen LogP) is 3.67. The molecule has 27 heavy (non-hydrogen) atoms. The van der Waals surface area contributed by atoms with Gasteiger partial charge in [-0.25, -0.2) is 0 Å². The lowest BCUT2D eigenvalue weighted by Gasteiger charge is -2.37. The van der Waals surface area contributed by atoms with Gasteiger partial charge in [-0.1, -0.05) is 24.3 Å². The van der Waals surface area contributed by atoms with Crippen LogP contribution in [0.4, 0.5) is 0 Å². The Balaban J connectivity index is 0.00000261. The molecule has 6 heteroatoms. The minimum Gasteiger partial charge on any atom is -0.496 e. The Morgan fingerprint density at radius 2 is 1.81 bits per heavy atom. The molecular weight excluding hydrogens is 364 g/mol. The van der Waals surface area contributed by atoms with Crippen molar-refractivity contribution in [1.82, 2.24) is 10.2 Å². The smallest absolute Gasteiger partial charge is 0.161 e. The van der Waals surface area contributed by atoms with Gasteiger partial charge in [0.05, 0.1) is 26.9 Å². The zero-order valence-corrected chi connectivity index (χ0v) is 17.1. The van der Waals surface area contributed by atoms with Gasteiger partial charge >= 0.3 is 0 Å². The van der Waals surface area contributed by atoms with Gasteiger partial charge < -0.3 is 19.5 Å². The predicted molar refractivity (Wildman–Crippen MR) is 110 cm³/mol. The number of nitrogens with one attached hydrogen (secondary N) is 1. The minimum atomic E-state index is 0. The van der Waals surface area contributed by atoms with Crippen LogP contribution in [0.5, 0.6) is 17.2 Å². The highest BCUT2D eigenvalue weighted by Crippen LogP contribution is 2.33. The fraction of sp³-hybridized carbons (Fsp3) is 0.429. The highest BCUT2D eigenvalue weighted by atomic mass is 35.5. The van der Waals surface area contributed by atoms with E-state index in [-0.39, 0.29) is 18.4 Å². The third-order valence-corrected chi connectivity index (χ3v) is 4.77. The Labute approximate surface area is 168 Å². The van der Waals surface area contributed by atoms with E-state index in [0.29, 0.717) is 6.61 Å². The van der Waals surface area contributed by atoms with Gasteiger partial charge in [-0.05, 0) is 30.7 Å². The topological polar surface area (TPSA) is 43.0 Å². The second-order valence-corrected chi connectivity index (χ2v) is 6.35. The summed E-state index contributed by atoms with van der Waals surface area (Å²) in [6, 6.07) is 14.7. The van der Waals surface area contributed by atoms with Crippen LogP contribution in [0.3, 0.4) is 0 Å². The van der Waals surface area contributed by atoms with Crippen molar-refractivity contribution in [2.24, 2.45) is 0 Å². The molecule has 1 aliphatic rings. The molecule has 0 aromatic heterocycles. The zero-order chi connectivity index (χ0) is 18.4. The van der Waals surface area contributed by atoms with E-state index < -0.39 is 0 Å². The quantitative estimate of drug-likeness (QED) is 0.778. The summed E-state index contributed by atoms with van der Waals surface area (Å²) in [5.41, 5.74) is 2.44. The normalized spacial score (nSPS) is 17.1. The van der Waals surface area contributed by atoms with Crippen LogP contribution >= 0.6 is 12.4 Å². The molecule has 2 aromatic carbocycles. The molecule has 0 spiro atoms. The van der Waals surface area contributed by atoms with Crippen LogP contribution in [-0.2, 0) is 6.54 Å². The summed E-state index contributed by atoms with van der Waals surface area (Å²) in [5.74, 6) is 2.52. The Bertz CT molecular complexity index is 726. The molecule has 1 unspecified atom stereocenters. The van der Waals surface area contributed by atoms with Crippen molar-refractivity contribution in [2.45, 2.75) is 19.5 Å². The first-order valence-electron chi connectivity index (χ1n) is 9.14. The van der Waals surface area contributed by atoms with Gasteiger partial charge in [0.15, 0.2) is 11.5 Å². The standard InChI is InChI=1S/C21H28N2O3.ClH/c1-4-26-21-13-16(9-10-20(21)25-3)15-23-12-11-22-14-18(23)17-7-5-6-8-19(17)24-2;/h5-10,13,18,22H,4,11-12,14-15H2,1-3H3;1H. The molecule has 5 nitrogen and oxygen atoms in total. The summed E-state index contributed by atoms with van der Waals surface area (Å²) < 4.78 is 16.7. The summed E-state index contributed by atoms with van der Waals surface area (Å²) in [5, 5.41) is 3.51. The molecule has 0 amide bonds. The van der Waals surface area contributed by atoms with Gasteiger partial charge in [0.2, 0.25) is 0 Å². The average molecular weight is 393 g/mol. The van der Waals surface area contributed by atoms with Crippen molar-refractivity contribution in [3.63, 3.8) is 0 Å². The number of nitrogens with zero attached hydrogens (tertiary/aromatic N) is 1. The van der Waals surface area contributed by atoms with Gasteiger partial charge in [-0.2, -0.15) is 0 Å². The van der Waals surface area contributed by atoms with Crippen LogP contribution in [0.25, 0.3) is 0 Å². The van der Waals surface area contributed by atoms with E-state index in [0.717, 1.165) is 43.4 Å². The number of hydrogen-bond acceptors (Lipinski definition) is 5. The van der Waals surface area contributed by atoms with Crippen LogP contribution in [0.15, 0.2) is 42.5 Å². The Kier molecular flexibility index (Phi) is 8.23. The number of para-hydroxylation sites is 1. The number of piperazine rings is 1. The van der Waals surface area contributed by atoms with Crippen LogP contribution in [0, 0.1) is 0 Å². The van der Waals surface area contributed by atoms with Crippen LogP contribution < -0.4 is 19.5 Å². The second-order valence-electron chi connectivity index (χ2n) is 6.35. The van der Waals surface area contributed by atoms with E-state index in [4.69, 9.17) is 14.2 Å². The molecule has 0 bridgehead atoms. The molecule has 1 N–H and O–H groups in total. The summed E-state index contributed by atoms with van der Waals surface area (Å²) in [4.78, 5) is 2.49. The molecule has 1 heterocycles. The number of benzene rings is 2. The first-order valence-corrected chi connectivity index (χ1v) is 9.14. The molecule has 0 saturated carbocycles. The molecule has 1 saturated heterocycles. The van der Waals surface area contributed by atoms with Crippen LogP contribution in [0.1, 0.15) is 24.1 Å².